The molecule has 0 radical (unpaired) electrons. The van der Waals surface area contributed by atoms with E-state index >= 15 is 0 Å². The van der Waals surface area contributed by atoms with Crippen LogP contribution in [0.2, 0.25) is 0 Å². The second-order valence-electron chi connectivity index (χ2n) is 3.48. The summed E-state index contributed by atoms with van der Waals surface area (Å²) in [6, 6.07) is 5.28. The van der Waals surface area contributed by atoms with Gasteiger partial charge >= 0.3 is 6.18 Å². The van der Waals surface area contributed by atoms with Gasteiger partial charge in [0.15, 0.2) is 0 Å². The van der Waals surface area contributed by atoms with Gasteiger partial charge < -0.3 is 10.6 Å². The molecule has 102 valence electrons. The number of rotatable bonds is 4. The van der Waals surface area contributed by atoms with Gasteiger partial charge in [0.25, 0.3) is 0 Å². The molecule has 0 aliphatic carbocycles. The summed E-state index contributed by atoms with van der Waals surface area (Å²) in [5.74, 6) is -0.474. The van der Waals surface area contributed by atoms with Crippen molar-refractivity contribution in [3.8, 4) is 6.07 Å². The molecule has 0 aliphatic rings. The third-order valence-electron chi connectivity index (χ3n) is 2.09. The first-order valence-corrected chi connectivity index (χ1v) is 5.88. The molecule has 0 aliphatic heterocycles. The number of alkyl halides is 3. The summed E-state index contributed by atoms with van der Waals surface area (Å²) in [6.45, 7) is -0.352. The van der Waals surface area contributed by atoms with Gasteiger partial charge in [0.2, 0.25) is 5.91 Å². The first-order chi connectivity index (χ1) is 8.84. The Balaban J connectivity index is 2.71. The standard InChI is InChI=1S/C11H9BrF3N3O/c12-9-2-1-7(5-8(9)11(13,14)15)18-6-10(19)17-4-3-16/h1-2,5,18H,4,6H2,(H,17,19). The first kappa shape index (κ1) is 15.3. The number of halogens is 4. The van der Waals surface area contributed by atoms with Crippen LogP contribution in [0.3, 0.4) is 0 Å². The molecule has 4 nitrogen and oxygen atoms in total. The zero-order valence-corrected chi connectivity index (χ0v) is 11.1. The molecule has 0 saturated heterocycles. The van der Waals surface area contributed by atoms with Gasteiger partial charge in [-0.15, -0.1) is 0 Å². The Hall–Kier alpha value is -1.75. The van der Waals surface area contributed by atoms with Crippen molar-refractivity contribution < 1.29 is 18.0 Å². The van der Waals surface area contributed by atoms with Gasteiger partial charge in [-0.3, -0.25) is 4.79 Å². The number of carbonyl (C=O) groups excluding carboxylic acids is 1. The molecule has 1 aromatic carbocycles. The Labute approximate surface area is 115 Å². The SMILES string of the molecule is N#CCNC(=O)CNc1ccc(Br)c(C(F)(F)F)c1. The van der Waals surface area contributed by atoms with Gasteiger partial charge in [-0.2, -0.15) is 18.4 Å². The second kappa shape index (κ2) is 6.43. The normalized spacial score (nSPS) is 10.7. The molecule has 0 aromatic heterocycles. The van der Waals surface area contributed by atoms with Crippen LogP contribution >= 0.6 is 15.9 Å². The summed E-state index contributed by atoms with van der Waals surface area (Å²) in [5.41, 5.74) is -0.655. The second-order valence-corrected chi connectivity index (χ2v) is 4.34. The highest BCUT2D eigenvalue weighted by molar-refractivity contribution is 9.10. The first-order valence-electron chi connectivity index (χ1n) is 5.09. The van der Waals surface area contributed by atoms with Crippen molar-refractivity contribution >= 4 is 27.5 Å². The maximum Gasteiger partial charge on any atom is 0.417 e. The maximum absolute atomic E-state index is 12.6. The lowest BCUT2D eigenvalue weighted by atomic mass is 10.2. The van der Waals surface area contributed by atoms with E-state index in [0.717, 1.165) is 6.07 Å². The fourth-order valence-corrected chi connectivity index (χ4v) is 1.71. The molecule has 0 spiro atoms. The van der Waals surface area contributed by atoms with Crippen LogP contribution in [0.25, 0.3) is 0 Å². The van der Waals surface area contributed by atoms with E-state index in [9.17, 15) is 18.0 Å². The quantitative estimate of drug-likeness (QED) is 0.831. The van der Waals surface area contributed by atoms with Crippen molar-refractivity contribution in [3.63, 3.8) is 0 Å². The Morgan fingerprint density at radius 3 is 2.68 bits per heavy atom. The predicted octanol–water partition coefficient (Wildman–Crippen LogP) is 2.52. The smallest absolute Gasteiger partial charge is 0.376 e. The largest absolute Gasteiger partial charge is 0.417 e. The van der Waals surface area contributed by atoms with E-state index in [1.165, 1.54) is 12.1 Å². The van der Waals surface area contributed by atoms with Crippen molar-refractivity contribution in [2.75, 3.05) is 18.4 Å². The summed E-state index contributed by atoms with van der Waals surface area (Å²) in [7, 11) is 0. The van der Waals surface area contributed by atoms with Crippen molar-refractivity contribution in [2.24, 2.45) is 0 Å². The van der Waals surface area contributed by atoms with Gasteiger partial charge in [0, 0.05) is 10.2 Å². The highest BCUT2D eigenvalue weighted by atomic mass is 79.9. The van der Waals surface area contributed by atoms with Crippen LogP contribution in [-0.4, -0.2) is 19.0 Å². The van der Waals surface area contributed by atoms with Crippen molar-refractivity contribution in [1.82, 2.24) is 5.32 Å². The van der Waals surface area contributed by atoms with Gasteiger partial charge in [0.05, 0.1) is 18.2 Å². The molecule has 2 N–H and O–H groups in total. The molecule has 1 rings (SSSR count). The molecule has 1 amide bonds. The number of carbonyl (C=O) groups is 1. The molecule has 8 heteroatoms. The molecular weight excluding hydrogens is 327 g/mol. The van der Waals surface area contributed by atoms with Gasteiger partial charge in [-0.25, -0.2) is 0 Å². The van der Waals surface area contributed by atoms with E-state index in [2.05, 4.69) is 26.6 Å². The molecule has 0 fully saturated rings. The zero-order chi connectivity index (χ0) is 14.5. The molecule has 19 heavy (non-hydrogen) atoms. The fourth-order valence-electron chi connectivity index (χ4n) is 1.24. The molecule has 0 atom stereocenters. The van der Waals surface area contributed by atoms with Gasteiger partial charge in [-0.05, 0) is 18.2 Å². The van der Waals surface area contributed by atoms with Crippen molar-refractivity contribution in [1.29, 1.82) is 5.26 Å². The van der Waals surface area contributed by atoms with E-state index in [-0.39, 0.29) is 23.2 Å². The maximum atomic E-state index is 12.6. The summed E-state index contributed by atoms with van der Waals surface area (Å²) in [6.07, 6.45) is -4.47. The molecule has 0 bridgehead atoms. The van der Waals surface area contributed by atoms with E-state index < -0.39 is 17.6 Å². The third-order valence-corrected chi connectivity index (χ3v) is 2.78. The summed E-state index contributed by atoms with van der Waals surface area (Å²) in [5, 5.41) is 13.1. The lowest BCUT2D eigenvalue weighted by Crippen LogP contribution is -2.30. The van der Waals surface area contributed by atoms with Crippen LogP contribution in [0.4, 0.5) is 18.9 Å². The molecule has 0 unspecified atom stereocenters. The Kier molecular flexibility index (Phi) is 5.18. The highest BCUT2D eigenvalue weighted by Gasteiger charge is 2.33. The summed E-state index contributed by atoms with van der Waals surface area (Å²) < 4.78 is 37.8. The number of hydrogen-bond donors (Lipinski definition) is 2. The summed E-state index contributed by atoms with van der Waals surface area (Å²) >= 11 is 2.82. The average Bonchev–Trinajstić information content (AvgIpc) is 2.34. The minimum Gasteiger partial charge on any atom is -0.376 e. The Bertz CT molecular complexity index is 511. The fraction of sp³-hybridized carbons (Fsp3) is 0.273. The van der Waals surface area contributed by atoms with Crippen LogP contribution in [0.1, 0.15) is 5.56 Å². The lowest BCUT2D eigenvalue weighted by Gasteiger charge is -2.12. The predicted molar refractivity (Wildman–Crippen MR) is 66.3 cm³/mol. The topological polar surface area (TPSA) is 64.9 Å². The minimum atomic E-state index is -4.47. The summed E-state index contributed by atoms with van der Waals surface area (Å²) in [4.78, 5) is 11.2. The Morgan fingerprint density at radius 2 is 2.11 bits per heavy atom. The van der Waals surface area contributed by atoms with Crippen molar-refractivity contribution in [3.05, 3.63) is 28.2 Å². The van der Waals surface area contributed by atoms with Crippen LogP contribution < -0.4 is 10.6 Å². The van der Waals surface area contributed by atoms with Crippen molar-refractivity contribution in [2.45, 2.75) is 6.18 Å². The average molecular weight is 336 g/mol. The van der Waals surface area contributed by atoms with Crippen LogP contribution in [0.5, 0.6) is 0 Å². The number of nitrogens with one attached hydrogen (secondary N) is 2. The van der Waals surface area contributed by atoms with Crippen LogP contribution in [0.15, 0.2) is 22.7 Å². The van der Waals surface area contributed by atoms with Gasteiger partial charge in [-0.1, -0.05) is 15.9 Å². The molecule has 1 aromatic rings. The third kappa shape index (κ3) is 4.79. The molecular formula is C11H9BrF3N3O. The number of nitriles is 1. The number of benzene rings is 1. The van der Waals surface area contributed by atoms with E-state index in [4.69, 9.17) is 5.26 Å². The Morgan fingerprint density at radius 1 is 1.42 bits per heavy atom. The van der Waals surface area contributed by atoms with Gasteiger partial charge in [0.1, 0.15) is 6.54 Å². The van der Waals surface area contributed by atoms with E-state index in [1.807, 2.05) is 0 Å². The number of hydrogen-bond acceptors (Lipinski definition) is 3. The number of amides is 1. The minimum absolute atomic E-state index is 0.0699. The highest BCUT2D eigenvalue weighted by Crippen LogP contribution is 2.36. The monoisotopic (exact) mass is 335 g/mol. The van der Waals surface area contributed by atoms with E-state index in [0.29, 0.717) is 0 Å². The number of anilines is 1. The molecule has 0 heterocycles. The lowest BCUT2D eigenvalue weighted by molar-refractivity contribution is -0.138. The van der Waals surface area contributed by atoms with Crippen LogP contribution in [-0.2, 0) is 11.0 Å². The van der Waals surface area contributed by atoms with E-state index in [1.54, 1.807) is 6.07 Å². The molecule has 0 saturated carbocycles. The number of nitrogens with zero attached hydrogens (tertiary/aromatic N) is 1. The van der Waals surface area contributed by atoms with Crippen LogP contribution in [0, 0.1) is 11.3 Å². The zero-order valence-electron chi connectivity index (χ0n) is 9.51.